The number of nitrogens with zero attached hydrogens (tertiary/aromatic N) is 4. The van der Waals surface area contributed by atoms with Gasteiger partial charge in [-0.3, -0.25) is 4.68 Å². The molecule has 3 heterocycles. The third-order valence-electron chi connectivity index (χ3n) is 3.68. The van der Waals surface area contributed by atoms with Crippen molar-refractivity contribution in [2.75, 3.05) is 5.73 Å². The summed E-state index contributed by atoms with van der Waals surface area (Å²) in [6.07, 6.45) is 3.51. The van der Waals surface area contributed by atoms with E-state index in [1.54, 1.807) is 17.1 Å². The molecule has 0 aliphatic heterocycles. The van der Waals surface area contributed by atoms with Crippen LogP contribution in [0.2, 0.25) is 0 Å². The maximum absolute atomic E-state index is 6.04. The Labute approximate surface area is 126 Å². The number of aryl methyl sites for hydroxylation is 1. The van der Waals surface area contributed by atoms with Crippen molar-refractivity contribution in [3.63, 3.8) is 0 Å². The summed E-state index contributed by atoms with van der Waals surface area (Å²) in [6, 6.07) is 11.8. The van der Waals surface area contributed by atoms with E-state index in [1.165, 1.54) is 0 Å². The first-order chi connectivity index (χ1) is 10.7. The third-order valence-corrected chi connectivity index (χ3v) is 3.68. The van der Waals surface area contributed by atoms with Gasteiger partial charge < -0.3 is 10.7 Å². The molecular weight excluding hydrogens is 276 g/mol. The molecule has 6 heteroatoms. The fraction of sp³-hybridized carbons (Fsp3) is 0.0625. The minimum atomic E-state index is 0.449. The number of nitrogen functional groups attached to an aromatic ring is 1. The number of aromatic nitrogens is 5. The second kappa shape index (κ2) is 4.70. The van der Waals surface area contributed by atoms with Crippen LogP contribution in [0.3, 0.4) is 0 Å². The number of imidazole rings is 1. The Kier molecular flexibility index (Phi) is 2.69. The molecule has 0 saturated carbocycles. The zero-order valence-corrected chi connectivity index (χ0v) is 12.0. The Morgan fingerprint density at radius 2 is 2.05 bits per heavy atom. The molecule has 0 unspecified atom stereocenters. The summed E-state index contributed by atoms with van der Waals surface area (Å²) in [5, 5.41) is 4.19. The topological polar surface area (TPSA) is 85.4 Å². The lowest BCUT2D eigenvalue weighted by atomic mass is 10.1. The first-order valence-corrected chi connectivity index (χ1v) is 6.91. The Morgan fingerprint density at radius 1 is 1.18 bits per heavy atom. The van der Waals surface area contributed by atoms with E-state index < -0.39 is 0 Å². The molecule has 0 aliphatic rings. The number of pyridine rings is 1. The normalized spacial score (nSPS) is 11.1. The molecule has 0 radical (unpaired) electrons. The number of benzene rings is 1. The van der Waals surface area contributed by atoms with Gasteiger partial charge in [-0.1, -0.05) is 12.1 Å². The Hall–Kier alpha value is -3.15. The van der Waals surface area contributed by atoms with Crippen molar-refractivity contribution in [1.29, 1.82) is 0 Å². The Bertz CT molecular complexity index is 933. The summed E-state index contributed by atoms with van der Waals surface area (Å²) < 4.78 is 1.80. The molecule has 22 heavy (non-hydrogen) atoms. The zero-order valence-electron chi connectivity index (χ0n) is 12.0. The second-order valence-electron chi connectivity index (χ2n) is 5.10. The van der Waals surface area contributed by atoms with Gasteiger partial charge in [0.2, 0.25) is 0 Å². The number of para-hydroxylation sites is 2. The van der Waals surface area contributed by atoms with Gasteiger partial charge in [0, 0.05) is 25.0 Å². The molecule has 4 rings (SSSR count). The number of fused-ring (bicyclic) bond motifs is 1. The smallest absolute Gasteiger partial charge is 0.142 e. The number of aromatic amines is 1. The molecule has 0 fully saturated rings. The number of nitrogens with two attached hydrogens (primary N) is 1. The van der Waals surface area contributed by atoms with E-state index >= 15 is 0 Å². The van der Waals surface area contributed by atoms with Crippen LogP contribution in [0.5, 0.6) is 0 Å². The molecule has 6 nitrogen and oxygen atoms in total. The molecule has 3 N–H and O–H groups in total. The maximum Gasteiger partial charge on any atom is 0.142 e. The van der Waals surface area contributed by atoms with Crippen LogP contribution in [0.4, 0.5) is 5.82 Å². The molecule has 3 aromatic heterocycles. The van der Waals surface area contributed by atoms with Crippen LogP contribution in [-0.2, 0) is 7.05 Å². The van der Waals surface area contributed by atoms with Gasteiger partial charge in [-0.25, -0.2) is 9.97 Å². The van der Waals surface area contributed by atoms with E-state index in [9.17, 15) is 0 Å². The summed E-state index contributed by atoms with van der Waals surface area (Å²) in [5.41, 5.74) is 10.6. The van der Waals surface area contributed by atoms with Crippen molar-refractivity contribution >= 4 is 16.9 Å². The Morgan fingerprint density at radius 3 is 2.82 bits per heavy atom. The summed E-state index contributed by atoms with van der Waals surface area (Å²) in [6.45, 7) is 0. The lowest BCUT2D eigenvalue weighted by Crippen LogP contribution is -1.98. The number of rotatable bonds is 2. The summed E-state index contributed by atoms with van der Waals surface area (Å²) in [4.78, 5) is 12.2. The molecule has 0 spiro atoms. The first kappa shape index (κ1) is 12.6. The van der Waals surface area contributed by atoms with Gasteiger partial charge in [0.1, 0.15) is 11.6 Å². The van der Waals surface area contributed by atoms with E-state index in [0.29, 0.717) is 5.82 Å². The van der Waals surface area contributed by atoms with Gasteiger partial charge in [0.05, 0.1) is 22.3 Å². The van der Waals surface area contributed by atoms with Crippen LogP contribution < -0.4 is 5.73 Å². The van der Waals surface area contributed by atoms with Gasteiger partial charge in [0.25, 0.3) is 0 Å². The molecule has 1 aromatic carbocycles. The molecule has 0 saturated heterocycles. The van der Waals surface area contributed by atoms with Crippen molar-refractivity contribution in [3.05, 3.63) is 48.8 Å². The predicted molar refractivity (Wildman–Crippen MR) is 85.9 cm³/mol. The van der Waals surface area contributed by atoms with Crippen LogP contribution in [-0.4, -0.2) is 24.7 Å². The van der Waals surface area contributed by atoms with E-state index in [2.05, 4.69) is 20.1 Å². The molecule has 4 aromatic rings. The summed E-state index contributed by atoms with van der Waals surface area (Å²) in [7, 11) is 1.90. The molecule has 0 amide bonds. The van der Waals surface area contributed by atoms with Crippen LogP contribution in [0.15, 0.2) is 48.8 Å². The van der Waals surface area contributed by atoms with E-state index in [1.807, 2.05) is 43.4 Å². The number of H-pyrrole nitrogens is 1. The fourth-order valence-electron chi connectivity index (χ4n) is 2.54. The van der Waals surface area contributed by atoms with Crippen LogP contribution in [0.25, 0.3) is 33.7 Å². The quantitative estimate of drug-likeness (QED) is 0.594. The zero-order chi connectivity index (χ0) is 15.1. The summed E-state index contributed by atoms with van der Waals surface area (Å²) >= 11 is 0. The van der Waals surface area contributed by atoms with E-state index in [-0.39, 0.29) is 0 Å². The first-order valence-electron chi connectivity index (χ1n) is 6.91. The second-order valence-corrected chi connectivity index (χ2v) is 5.10. The highest BCUT2D eigenvalue weighted by molar-refractivity contribution is 5.83. The molecule has 0 bridgehead atoms. The highest BCUT2D eigenvalue weighted by Crippen LogP contribution is 2.28. The highest BCUT2D eigenvalue weighted by Gasteiger charge is 2.12. The highest BCUT2D eigenvalue weighted by atomic mass is 15.3. The molecule has 108 valence electrons. The predicted octanol–water partition coefficient (Wildman–Crippen LogP) is 2.61. The minimum Gasteiger partial charge on any atom is -0.383 e. The van der Waals surface area contributed by atoms with Crippen LogP contribution in [0, 0.1) is 0 Å². The largest absolute Gasteiger partial charge is 0.383 e. The third kappa shape index (κ3) is 1.93. The van der Waals surface area contributed by atoms with E-state index in [4.69, 9.17) is 5.73 Å². The van der Waals surface area contributed by atoms with Gasteiger partial charge in [0.15, 0.2) is 0 Å². The van der Waals surface area contributed by atoms with Crippen LogP contribution >= 0.6 is 0 Å². The Balaban J connectivity index is 1.89. The van der Waals surface area contributed by atoms with Gasteiger partial charge in [-0.15, -0.1) is 0 Å². The number of nitrogens with one attached hydrogen (secondary N) is 1. The number of hydrogen-bond acceptors (Lipinski definition) is 4. The van der Waals surface area contributed by atoms with Crippen molar-refractivity contribution in [1.82, 2.24) is 24.7 Å². The summed E-state index contributed by atoms with van der Waals surface area (Å²) in [5.74, 6) is 1.17. The number of anilines is 1. The average molecular weight is 290 g/mol. The van der Waals surface area contributed by atoms with Crippen molar-refractivity contribution < 1.29 is 0 Å². The maximum atomic E-state index is 6.04. The van der Waals surface area contributed by atoms with Crippen molar-refractivity contribution in [2.24, 2.45) is 7.05 Å². The van der Waals surface area contributed by atoms with Crippen molar-refractivity contribution in [3.8, 4) is 22.6 Å². The van der Waals surface area contributed by atoms with E-state index in [0.717, 1.165) is 33.7 Å². The monoisotopic (exact) mass is 290 g/mol. The molecule has 0 aliphatic carbocycles. The number of hydrogen-bond donors (Lipinski definition) is 2. The lowest BCUT2D eigenvalue weighted by molar-refractivity contribution is 0.775. The molecule has 0 atom stereocenters. The lowest BCUT2D eigenvalue weighted by Gasteiger charge is -2.06. The molecular formula is C16H14N6. The standard InChI is InChI=1S/C16H14N6/c1-22-14(6-7-19-22)10-8-11(15(17)18-9-10)16-20-12-4-2-3-5-13(12)21-16/h2-9H,1H3,(H2,17,18)(H,20,21). The van der Waals surface area contributed by atoms with Gasteiger partial charge in [-0.2, -0.15) is 5.10 Å². The van der Waals surface area contributed by atoms with Gasteiger partial charge >= 0.3 is 0 Å². The SMILES string of the molecule is Cn1nccc1-c1cnc(N)c(-c2nc3ccccc3[nH]2)c1. The van der Waals surface area contributed by atoms with Crippen molar-refractivity contribution in [2.45, 2.75) is 0 Å². The minimum absolute atomic E-state index is 0.449. The van der Waals surface area contributed by atoms with Crippen LogP contribution in [0.1, 0.15) is 0 Å². The average Bonchev–Trinajstić information content (AvgIpc) is 3.13. The van der Waals surface area contributed by atoms with Gasteiger partial charge in [-0.05, 0) is 24.3 Å². The fourth-order valence-corrected chi connectivity index (χ4v) is 2.54.